The average molecular weight is 375 g/mol. The number of hydrogen-bond donors (Lipinski definition) is 1. The zero-order valence-electron chi connectivity index (χ0n) is 16.4. The summed E-state index contributed by atoms with van der Waals surface area (Å²) in [5, 5.41) is 4.74. The van der Waals surface area contributed by atoms with Crippen molar-refractivity contribution in [1.82, 2.24) is 24.6 Å². The number of carbonyl (C=O) groups excluding carboxylic acids is 1. The van der Waals surface area contributed by atoms with Crippen molar-refractivity contribution >= 4 is 16.9 Å². The maximum absolute atomic E-state index is 12.9. The quantitative estimate of drug-likeness (QED) is 0.694. The van der Waals surface area contributed by atoms with Crippen LogP contribution in [0.5, 0.6) is 0 Å². The van der Waals surface area contributed by atoms with E-state index in [-0.39, 0.29) is 11.8 Å². The van der Waals surface area contributed by atoms with E-state index in [0.717, 1.165) is 60.6 Å². The molecule has 3 aromatic rings. The lowest BCUT2D eigenvalue weighted by atomic mass is 9.93. The molecule has 28 heavy (non-hydrogen) atoms. The zero-order chi connectivity index (χ0) is 19.3. The van der Waals surface area contributed by atoms with Gasteiger partial charge in [0.25, 0.3) is 0 Å². The second kappa shape index (κ2) is 6.62. The molecule has 0 saturated carbocycles. The largest absolute Gasteiger partial charge is 0.337 e. The van der Waals surface area contributed by atoms with Gasteiger partial charge in [-0.25, -0.2) is 4.98 Å². The lowest BCUT2D eigenvalue weighted by molar-refractivity contribution is -0.137. The van der Waals surface area contributed by atoms with Gasteiger partial charge in [-0.15, -0.1) is 0 Å². The highest BCUT2D eigenvalue weighted by atomic mass is 16.2. The molecule has 2 aliphatic rings. The Labute approximate surface area is 164 Å². The number of hydrogen-bond acceptors (Lipinski definition) is 3. The number of aromatic nitrogens is 4. The van der Waals surface area contributed by atoms with Gasteiger partial charge in [0.05, 0.1) is 29.8 Å². The summed E-state index contributed by atoms with van der Waals surface area (Å²) in [6, 6.07) is 6.31. The average Bonchev–Trinajstić information content (AvgIpc) is 3.31. The Morgan fingerprint density at radius 2 is 2.00 bits per heavy atom. The Kier molecular flexibility index (Phi) is 4.07. The number of H-pyrrole nitrogens is 1. The minimum Gasteiger partial charge on any atom is -0.337 e. The van der Waals surface area contributed by atoms with E-state index < -0.39 is 0 Å². The third kappa shape index (κ3) is 2.93. The van der Waals surface area contributed by atoms with E-state index in [0.29, 0.717) is 6.54 Å². The molecule has 0 unspecified atom stereocenters. The molecule has 1 aromatic carbocycles. The van der Waals surface area contributed by atoms with Crippen molar-refractivity contribution in [2.45, 2.75) is 46.2 Å². The molecule has 1 amide bonds. The van der Waals surface area contributed by atoms with Gasteiger partial charge in [-0.3, -0.25) is 9.48 Å². The SMILES string of the molecule is Cc1cc2nc(-c3cc4n(n3)CCN(C(=O)[C@H]3CC=CCC3)C4)[nH]c2cc1C. The Balaban J connectivity index is 1.40. The van der Waals surface area contributed by atoms with Crippen LogP contribution in [0.1, 0.15) is 36.1 Å². The number of carbonyl (C=O) groups is 1. The van der Waals surface area contributed by atoms with Gasteiger partial charge in [0.1, 0.15) is 5.69 Å². The highest BCUT2D eigenvalue weighted by molar-refractivity contribution is 5.81. The number of aryl methyl sites for hydroxylation is 2. The van der Waals surface area contributed by atoms with Crippen LogP contribution in [-0.4, -0.2) is 37.1 Å². The topological polar surface area (TPSA) is 66.8 Å². The van der Waals surface area contributed by atoms with Crippen molar-refractivity contribution in [3.63, 3.8) is 0 Å². The first-order valence-electron chi connectivity index (χ1n) is 10.1. The summed E-state index contributed by atoms with van der Waals surface area (Å²) in [5.41, 5.74) is 6.41. The molecule has 1 N–H and O–H groups in total. The fourth-order valence-electron chi connectivity index (χ4n) is 4.24. The van der Waals surface area contributed by atoms with Crippen LogP contribution in [0.3, 0.4) is 0 Å². The molecule has 0 saturated heterocycles. The summed E-state index contributed by atoms with van der Waals surface area (Å²) in [6.45, 7) is 6.31. The molecule has 0 bridgehead atoms. The zero-order valence-corrected chi connectivity index (χ0v) is 16.4. The third-order valence-corrected chi connectivity index (χ3v) is 6.07. The Morgan fingerprint density at radius 1 is 1.14 bits per heavy atom. The lowest BCUT2D eigenvalue weighted by Gasteiger charge is -2.31. The third-order valence-electron chi connectivity index (χ3n) is 6.07. The van der Waals surface area contributed by atoms with E-state index in [4.69, 9.17) is 10.1 Å². The monoisotopic (exact) mass is 375 g/mol. The molecule has 0 radical (unpaired) electrons. The first-order valence-corrected chi connectivity index (χ1v) is 10.1. The number of rotatable bonds is 2. The molecule has 0 fully saturated rings. The van der Waals surface area contributed by atoms with Gasteiger partial charge in [-0.2, -0.15) is 5.10 Å². The maximum atomic E-state index is 12.9. The fraction of sp³-hybridized carbons (Fsp3) is 0.409. The van der Waals surface area contributed by atoms with Crippen LogP contribution in [0, 0.1) is 19.8 Å². The first kappa shape index (κ1) is 17.2. The molecule has 3 heterocycles. The number of allylic oxidation sites excluding steroid dienone is 2. The van der Waals surface area contributed by atoms with Gasteiger partial charge in [-0.1, -0.05) is 12.2 Å². The van der Waals surface area contributed by atoms with Crippen LogP contribution in [-0.2, 0) is 17.9 Å². The van der Waals surface area contributed by atoms with Gasteiger partial charge in [-0.05, 0) is 62.4 Å². The fourth-order valence-corrected chi connectivity index (χ4v) is 4.24. The van der Waals surface area contributed by atoms with Crippen LogP contribution in [0.2, 0.25) is 0 Å². The minimum absolute atomic E-state index is 0.140. The summed E-state index contributed by atoms with van der Waals surface area (Å²) in [7, 11) is 0. The van der Waals surface area contributed by atoms with Gasteiger partial charge < -0.3 is 9.88 Å². The van der Waals surface area contributed by atoms with Crippen molar-refractivity contribution in [1.29, 1.82) is 0 Å². The summed E-state index contributed by atoms with van der Waals surface area (Å²) in [4.78, 5) is 23.0. The van der Waals surface area contributed by atoms with Crippen LogP contribution in [0.25, 0.3) is 22.6 Å². The highest BCUT2D eigenvalue weighted by Crippen LogP contribution is 2.26. The Bertz CT molecular complexity index is 1050. The van der Waals surface area contributed by atoms with Crippen LogP contribution in [0.4, 0.5) is 0 Å². The van der Waals surface area contributed by atoms with Crippen molar-refractivity contribution in [3.05, 3.63) is 47.2 Å². The molecular weight excluding hydrogens is 350 g/mol. The normalized spacial score (nSPS) is 19.2. The smallest absolute Gasteiger partial charge is 0.226 e. The van der Waals surface area contributed by atoms with Crippen molar-refractivity contribution in [2.75, 3.05) is 6.54 Å². The van der Waals surface area contributed by atoms with Crippen LogP contribution < -0.4 is 0 Å². The number of fused-ring (bicyclic) bond motifs is 2. The van der Waals surface area contributed by atoms with E-state index in [9.17, 15) is 4.79 Å². The second-order valence-electron chi connectivity index (χ2n) is 8.02. The Morgan fingerprint density at radius 3 is 2.82 bits per heavy atom. The number of aromatic amines is 1. The predicted molar refractivity (Wildman–Crippen MR) is 109 cm³/mol. The lowest BCUT2D eigenvalue weighted by Crippen LogP contribution is -2.41. The summed E-state index contributed by atoms with van der Waals surface area (Å²) in [6.07, 6.45) is 7.17. The molecular formula is C22H25N5O. The van der Waals surface area contributed by atoms with E-state index in [1.54, 1.807) is 0 Å². The second-order valence-corrected chi connectivity index (χ2v) is 8.02. The number of nitrogens with one attached hydrogen (secondary N) is 1. The maximum Gasteiger partial charge on any atom is 0.226 e. The van der Waals surface area contributed by atoms with Crippen LogP contribution >= 0.6 is 0 Å². The van der Waals surface area contributed by atoms with E-state index in [1.165, 1.54) is 11.1 Å². The molecule has 6 heteroatoms. The molecule has 1 atom stereocenters. The minimum atomic E-state index is 0.140. The molecule has 2 aromatic heterocycles. The van der Waals surface area contributed by atoms with Gasteiger partial charge in [0.2, 0.25) is 5.91 Å². The van der Waals surface area contributed by atoms with Crippen LogP contribution in [0.15, 0.2) is 30.4 Å². The van der Waals surface area contributed by atoms with Crippen molar-refractivity contribution in [2.24, 2.45) is 5.92 Å². The van der Waals surface area contributed by atoms with Gasteiger partial charge in [0, 0.05) is 12.5 Å². The summed E-state index contributed by atoms with van der Waals surface area (Å²) in [5.74, 6) is 1.21. The Hall–Kier alpha value is -2.89. The molecule has 1 aliphatic carbocycles. The predicted octanol–water partition coefficient (Wildman–Crippen LogP) is 3.74. The number of benzene rings is 1. The number of imidazole rings is 1. The van der Waals surface area contributed by atoms with Gasteiger partial charge >= 0.3 is 0 Å². The molecule has 0 spiro atoms. The van der Waals surface area contributed by atoms with Crippen molar-refractivity contribution < 1.29 is 4.79 Å². The van der Waals surface area contributed by atoms with E-state index in [2.05, 4.69) is 49.2 Å². The van der Waals surface area contributed by atoms with E-state index >= 15 is 0 Å². The summed E-state index contributed by atoms with van der Waals surface area (Å²) < 4.78 is 2.02. The molecule has 6 nitrogen and oxygen atoms in total. The highest BCUT2D eigenvalue weighted by Gasteiger charge is 2.28. The molecule has 1 aliphatic heterocycles. The standard InChI is InChI=1S/C22H25N5O/c1-14-10-18-19(11-15(14)2)24-21(23-18)20-12-17-13-26(8-9-27(17)25-20)22(28)16-6-4-3-5-7-16/h3-4,10-12,16H,5-9,13H2,1-2H3,(H,23,24)/t16-/m0/s1. The van der Waals surface area contributed by atoms with Gasteiger partial charge in [0.15, 0.2) is 5.82 Å². The first-order chi connectivity index (χ1) is 13.6. The number of nitrogens with zero attached hydrogens (tertiary/aromatic N) is 4. The molecule has 144 valence electrons. The number of amides is 1. The van der Waals surface area contributed by atoms with Crippen molar-refractivity contribution in [3.8, 4) is 11.5 Å². The molecule has 5 rings (SSSR count). The van der Waals surface area contributed by atoms with E-state index in [1.807, 2.05) is 9.58 Å². The summed E-state index contributed by atoms with van der Waals surface area (Å²) >= 11 is 0.